The summed E-state index contributed by atoms with van der Waals surface area (Å²) in [5, 5.41) is 19.6. The summed E-state index contributed by atoms with van der Waals surface area (Å²) >= 11 is 0. The quantitative estimate of drug-likeness (QED) is 0.599. The summed E-state index contributed by atoms with van der Waals surface area (Å²) in [5.74, 6) is 0. The Labute approximate surface area is 113 Å². The largest absolute Gasteiger partial charge is 0.394 e. The molecule has 0 radical (unpaired) electrons. The van der Waals surface area contributed by atoms with Crippen LogP contribution in [0.5, 0.6) is 0 Å². The molecule has 2 aliphatic heterocycles. The van der Waals surface area contributed by atoms with Gasteiger partial charge in [-0.05, 0) is 12.8 Å². The van der Waals surface area contributed by atoms with Crippen LogP contribution in [0.15, 0.2) is 21.9 Å². The molecule has 8 nitrogen and oxygen atoms in total. The van der Waals surface area contributed by atoms with Gasteiger partial charge in [0.15, 0.2) is 6.23 Å². The van der Waals surface area contributed by atoms with Gasteiger partial charge in [0.2, 0.25) is 0 Å². The van der Waals surface area contributed by atoms with Crippen LogP contribution in [0.4, 0.5) is 0 Å². The molecule has 0 saturated carbocycles. The van der Waals surface area contributed by atoms with Crippen LogP contribution in [-0.4, -0.2) is 50.8 Å². The molecule has 4 unspecified atom stereocenters. The van der Waals surface area contributed by atoms with Gasteiger partial charge in [-0.3, -0.25) is 14.3 Å². The molecule has 20 heavy (non-hydrogen) atoms. The fraction of sp³-hybridized carbons (Fsp3) is 0.667. The minimum absolute atomic E-state index is 0.374. The van der Waals surface area contributed by atoms with E-state index in [4.69, 9.17) is 9.47 Å². The van der Waals surface area contributed by atoms with Crippen LogP contribution < -0.4 is 11.2 Å². The van der Waals surface area contributed by atoms with Gasteiger partial charge in [0.25, 0.3) is 5.56 Å². The predicted molar refractivity (Wildman–Crippen MR) is 66.2 cm³/mol. The summed E-state index contributed by atoms with van der Waals surface area (Å²) < 4.78 is 12.4. The Morgan fingerprint density at radius 2 is 2.30 bits per heavy atom. The number of H-pyrrole nitrogens is 1. The zero-order chi connectivity index (χ0) is 14.3. The molecule has 2 aliphatic rings. The van der Waals surface area contributed by atoms with Crippen molar-refractivity contribution in [2.24, 2.45) is 0 Å². The first-order valence-electron chi connectivity index (χ1n) is 6.48. The van der Waals surface area contributed by atoms with Gasteiger partial charge in [-0.15, -0.1) is 0 Å². The Bertz CT molecular complexity index is 602. The lowest BCUT2D eigenvalue weighted by molar-refractivity contribution is -0.122. The molecule has 8 heteroatoms. The fourth-order valence-corrected chi connectivity index (χ4v) is 2.98. The van der Waals surface area contributed by atoms with Crippen molar-refractivity contribution in [2.45, 2.75) is 36.9 Å². The monoisotopic (exact) mass is 284 g/mol. The van der Waals surface area contributed by atoms with Crippen molar-refractivity contribution in [1.82, 2.24) is 9.55 Å². The molecule has 0 aromatic carbocycles. The molecular formula is C12H16N2O6. The highest BCUT2D eigenvalue weighted by Gasteiger charge is 2.59. The maximum atomic E-state index is 11.9. The Balaban J connectivity index is 2.06. The highest BCUT2D eigenvalue weighted by atomic mass is 16.6. The minimum Gasteiger partial charge on any atom is -0.394 e. The molecule has 3 N–H and O–H groups in total. The Morgan fingerprint density at radius 1 is 1.50 bits per heavy atom. The number of aromatic nitrogens is 2. The maximum absolute atomic E-state index is 11.9. The minimum atomic E-state index is -1.06. The second kappa shape index (κ2) is 4.81. The van der Waals surface area contributed by atoms with E-state index in [9.17, 15) is 19.8 Å². The number of hydrogen-bond donors (Lipinski definition) is 3. The van der Waals surface area contributed by atoms with E-state index < -0.39 is 35.3 Å². The first-order valence-corrected chi connectivity index (χ1v) is 6.48. The number of nitrogens with one attached hydrogen (secondary N) is 1. The molecule has 110 valence electrons. The lowest BCUT2D eigenvalue weighted by atomic mass is 9.91. The van der Waals surface area contributed by atoms with Crippen LogP contribution >= 0.6 is 0 Å². The summed E-state index contributed by atoms with van der Waals surface area (Å²) in [6.07, 6.45) is -0.173. The number of aromatic amines is 1. The van der Waals surface area contributed by atoms with E-state index in [2.05, 4.69) is 4.98 Å². The molecule has 3 rings (SSSR count). The Morgan fingerprint density at radius 3 is 2.90 bits per heavy atom. The molecule has 0 bridgehead atoms. The number of nitrogens with zero attached hydrogens (tertiary/aromatic N) is 1. The average molecular weight is 284 g/mol. The molecule has 1 aromatic heterocycles. The number of rotatable bonds is 2. The Hall–Kier alpha value is -1.48. The molecule has 2 saturated heterocycles. The topological polar surface area (TPSA) is 114 Å². The zero-order valence-electron chi connectivity index (χ0n) is 10.7. The van der Waals surface area contributed by atoms with E-state index in [1.807, 2.05) is 0 Å². The summed E-state index contributed by atoms with van der Waals surface area (Å²) in [4.78, 5) is 25.2. The number of ether oxygens (including phenoxy) is 2. The summed E-state index contributed by atoms with van der Waals surface area (Å²) in [7, 11) is 0. The molecule has 1 spiro atoms. The van der Waals surface area contributed by atoms with E-state index in [1.165, 1.54) is 16.8 Å². The van der Waals surface area contributed by atoms with Crippen molar-refractivity contribution in [3.05, 3.63) is 33.1 Å². The van der Waals surface area contributed by atoms with Crippen LogP contribution in [0.25, 0.3) is 0 Å². The third-order valence-electron chi connectivity index (χ3n) is 3.94. The molecule has 4 atom stereocenters. The summed E-state index contributed by atoms with van der Waals surface area (Å²) in [6, 6.07) is 1.20. The van der Waals surface area contributed by atoms with Gasteiger partial charge in [0, 0.05) is 18.9 Å². The van der Waals surface area contributed by atoms with Crippen LogP contribution in [-0.2, 0) is 9.47 Å². The first-order chi connectivity index (χ1) is 9.58. The molecule has 2 fully saturated rings. The van der Waals surface area contributed by atoms with Crippen LogP contribution in [0.3, 0.4) is 0 Å². The van der Waals surface area contributed by atoms with E-state index in [0.29, 0.717) is 13.0 Å². The van der Waals surface area contributed by atoms with Crippen molar-refractivity contribution in [3.8, 4) is 0 Å². The average Bonchev–Trinajstić information content (AvgIpc) is 3.00. The highest BCUT2D eigenvalue weighted by Crippen LogP contribution is 2.46. The third-order valence-corrected chi connectivity index (χ3v) is 3.94. The van der Waals surface area contributed by atoms with Crippen LogP contribution in [0, 0.1) is 0 Å². The molecule has 0 amide bonds. The van der Waals surface area contributed by atoms with Gasteiger partial charge in [-0.25, -0.2) is 4.79 Å². The van der Waals surface area contributed by atoms with Crippen molar-refractivity contribution < 1.29 is 19.7 Å². The van der Waals surface area contributed by atoms with E-state index in [-0.39, 0.29) is 6.61 Å². The second-order valence-corrected chi connectivity index (χ2v) is 5.08. The molecule has 0 aliphatic carbocycles. The smallest absolute Gasteiger partial charge is 0.330 e. The summed E-state index contributed by atoms with van der Waals surface area (Å²) in [6.45, 7) is 0.0774. The van der Waals surface area contributed by atoms with Gasteiger partial charge in [-0.1, -0.05) is 0 Å². The second-order valence-electron chi connectivity index (χ2n) is 5.08. The van der Waals surface area contributed by atoms with Crippen molar-refractivity contribution >= 4 is 0 Å². The lowest BCUT2D eigenvalue weighted by Gasteiger charge is -2.31. The standard InChI is InChI=1S/C12H16N2O6/c15-6-7-9(17)12(3-1-5-19-12)10(20-7)14-4-2-8(16)13-11(14)18/h2,4,7,9-10,15,17H,1,3,5-6H2,(H,13,16,18). The van der Waals surface area contributed by atoms with Crippen molar-refractivity contribution in [2.75, 3.05) is 13.2 Å². The van der Waals surface area contributed by atoms with Gasteiger partial charge < -0.3 is 19.7 Å². The first kappa shape index (κ1) is 13.5. The highest BCUT2D eigenvalue weighted by molar-refractivity contribution is 5.06. The Kier molecular flexibility index (Phi) is 3.25. The third kappa shape index (κ3) is 1.84. The number of aliphatic hydroxyl groups is 2. The van der Waals surface area contributed by atoms with Gasteiger partial charge in [0.1, 0.15) is 17.8 Å². The van der Waals surface area contributed by atoms with E-state index in [1.54, 1.807) is 0 Å². The molecule has 3 heterocycles. The van der Waals surface area contributed by atoms with Crippen molar-refractivity contribution in [1.29, 1.82) is 0 Å². The fourth-order valence-electron chi connectivity index (χ4n) is 2.98. The maximum Gasteiger partial charge on any atom is 0.330 e. The number of aliphatic hydroxyl groups excluding tert-OH is 2. The van der Waals surface area contributed by atoms with Crippen LogP contribution in [0.2, 0.25) is 0 Å². The SMILES string of the molecule is O=c1ccn(C2OC(CO)C(O)C23CCCO3)c(=O)[nH]1. The van der Waals surface area contributed by atoms with Crippen LogP contribution in [0.1, 0.15) is 19.1 Å². The van der Waals surface area contributed by atoms with E-state index in [0.717, 1.165) is 6.42 Å². The van der Waals surface area contributed by atoms with Gasteiger partial charge in [-0.2, -0.15) is 0 Å². The van der Waals surface area contributed by atoms with E-state index >= 15 is 0 Å². The molecular weight excluding hydrogens is 268 g/mol. The van der Waals surface area contributed by atoms with Gasteiger partial charge >= 0.3 is 5.69 Å². The normalized spacial score (nSPS) is 36.8. The lowest BCUT2D eigenvalue weighted by Crippen LogP contribution is -2.48. The van der Waals surface area contributed by atoms with Gasteiger partial charge in [0.05, 0.1) is 6.61 Å². The number of hydrogen-bond acceptors (Lipinski definition) is 6. The van der Waals surface area contributed by atoms with Crippen molar-refractivity contribution in [3.63, 3.8) is 0 Å². The predicted octanol–water partition coefficient (Wildman–Crippen LogP) is -1.66. The molecule has 1 aromatic rings. The zero-order valence-corrected chi connectivity index (χ0v) is 10.7. The summed E-state index contributed by atoms with van der Waals surface area (Å²) in [5.41, 5.74) is -2.21.